The molecule has 3 aromatic carbocycles. The van der Waals surface area contributed by atoms with Crippen molar-refractivity contribution in [3.05, 3.63) is 88.9 Å². The van der Waals surface area contributed by atoms with Crippen molar-refractivity contribution in [1.29, 1.82) is 0 Å². The fourth-order valence-electron chi connectivity index (χ4n) is 2.94. The van der Waals surface area contributed by atoms with E-state index in [0.717, 1.165) is 17.7 Å². The second-order valence-corrected chi connectivity index (χ2v) is 7.24. The minimum absolute atomic E-state index is 0.0633. The normalized spacial score (nSPS) is 10.3. The molecule has 160 valence electrons. The van der Waals surface area contributed by atoms with Crippen LogP contribution in [0.25, 0.3) is 0 Å². The van der Waals surface area contributed by atoms with Gasteiger partial charge in [-0.2, -0.15) is 0 Å². The van der Waals surface area contributed by atoms with E-state index >= 15 is 0 Å². The minimum atomic E-state index is -0.273. The number of rotatable bonds is 9. The summed E-state index contributed by atoms with van der Waals surface area (Å²) in [5.41, 5.74) is 2.78. The van der Waals surface area contributed by atoms with Gasteiger partial charge in [-0.25, -0.2) is 0 Å². The Labute approximate surface area is 186 Å². The van der Waals surface area contributed by atoms with Crippen LogP contribution in [-0.2, 0) is 11.2 Å². The second-order valence-electron chi connectivity index (χ2n) is 6.81. The maximum absolute atomic E-state index is 12.6. The van der Waals surface area contributed by atoms with Gasteiger partial charge in [0.25, 0.3) is 5.91 Å². The van der Waals surface area contributed by atoms with E-state index in [1.807, 2.05) is 30.3 Å². The van der Waals surface area contributed by atoms with Crippen molar-refractivity contribution in [3.8, 4) is 5.75 Å². The van der Waals surface area contributed by atoms with Crippen molar-refractivity contribution in [3.63, 3.8) is 0 Å². The van der Waals surface area contributed by atoms with E-state index in [-0.39, 0.29) is 18.4 Å². The predicted molar refractivity (Wildman–Crippen MR) is 124 cm³/mol. The van der Waals surface area contributed by atoms with Crippen molar-refractivity contribution < 1.29 is 14.3 Å². The van der Waals surface area contributed by atoms with Crippen LogP contribution in [-0.4, -0.2) is 32.0 Å². The Bertz CT molecular complexity index is 1020. The Morgan fingerprint density at radius 1 is 0.935 bits per heavy atom. The van der Waals surface area contributed by atoms with Crippen LogP contribution < -0.4 is 20.7 Å². The molecule has 0 atom stereocenters. The van der Waals surface area contributed by atoms with Crippen molar-refractivity contribution in [2.45, 2.75) is 6.42 Å². The lowest BCUT2D eigenvalue weighted by molar-refractivity contribution is -0.119. The summed E-state index contributed by atoms with van der Waals surface area (Å²) in [4.78, 5) is 24.9. The molecule has 3 aromatic rings. The van der Waals surface area contributed by atoms with Crippen molar-refractivity contribution >= 4 is 34.8 Å². The van der Waals surface area contributed by atoms with Gasteiger partial charge in [-0.05, 0) is 60.5 Å². The SMILES string of the molecule is COc1ccc(CCNC(=O)CNc2ccccc2C(=O)Nc2ccc(Cl)cc2)cc1. The van der Waals surface area contributed by atoms with Crippen LogP contribution in [0.15, 0.2) is 72.8 Å². The number of benzene rings is 3. The number of hydrogen-bond acceptors (Lipinski definition) is 4. The van der Waals surface area contributed by atoms with E-state index in [4.69, 9.17) is 16.3 Å². The smallest absolute Gasteiger partial charge is 0.257 e. The molecule has 0 aromatic heterocycles. The van der Waals surface area contributed by atoms with E-state index in [2.05, 4.69) is 16.0 Å². The summed E-state index contributed by atoms with van der Waals surface area (Å²) in [6, 6.07) is 21.7. The summed E-state index contributed by atoms with van der Waals surface area (Å²) >= 11 is 5.88. The van der Waals surface area contributed by atoms with E-state index in [9.17, 15) is 9.59 Å². The van der Waals surface area contributed by atoms with Gasteiger partial charge in [0.2, 0.25) is 5.91 Å². The molecule has 0 aliphatic rings. The number of anilines is 2. The summed E-state index contributed by atoms with van der Waals surface area (Å²) < 4.78 is 5.14. The molecule has 3 rings (SSSR count). The van der Waals surface area contributed by atoms with Gasteiger partial charge in [0.15, 0.2) is 0 Å². The summed E-state index contributed by atoms with van der Waals surface area (Å²) in [5, 5.41) is 9.34. The van der Waals surface area contributed by atoms with Crippen molar-refractivity contribution in [1.82, 2.24) is 5.32 Å². The monoisotopic (exact) mass is 437 g/mol. The summed E-state index contributed by atoms with van der Waals surface area (Å²) in [6.07, 6.45) is 0.718. The number of carbonyl (C=O) groups excluding carboxylic acids is 2. The lowest BCUT2D eigenvalue weighted by Crippen LogP contribution is -2.31. The molecule has 0 saturated carbocycles. The Morgan fingerprint density at radius 3 is 2.35 bits per heavy atom. The van der Waals surface area contributed by atoms with Crippen molar-refractivity contribution in [2.24, 2.45) is 0 Å². The van der Waals surface area contributed by atoms with E-state index in [1.165, 1.54) is 0 Å². The first kappa shape index (κ1) is 22.2. The van der Waals surface area contributed by atoms with Gasteiger partial charge in [0, 0.05) is 22.9 Å². The largest absolute Gasteiger partial charge is 0.497 e. The molecule has 0 aliphatic carbocycles. The first-order chi connectivity index (χ1) is 15.0. The molecule has 0 radical (unpaired) electrons. The van der Waals surface area contributed by atoms with Crippen LogP contribution in [0.5, 0.6) is 5.75 Å². The highest BCUT2D eigenvalue weighted by atomic mass is 35.5. The summed E-state index contributed by atoms with van der Waals surface area (Å²) in [7, 11) is 1.63. The van der Waals surface area contributed by atoms with E-state index in [1.54, 1.807) is 49.6 Å². The number of methoxy groups -OCH3 is 1. The average molecular weight is 438 g/mol. The molecule has 0 heterocycles. The zero-order valence-electron chi connectivity index (χ0n) is 17.2. The number of hydrogen-bond donors (Lipinski definition) is 3. The molecule has 7 heteroatoms. The number of amides is 2. The van der Waals surface area contributed by atoms with Crippen LogP contribution in [0.1, 0.15) is 15.9 Å². The summed E-state index contributed by atoms with van der Waals surface area (Å²) in [5.74, 6) is 0.377. The highest BCUT2D eigenvalue weighted by Crippen LogP contribution is 2.19. The van der Waals surface area contributed by atoms with E-state index in [0.29, 0.717) is 28.5 Å². The first-order valence-electron chi connectivity index (χ1n) is 9.84. The maximum Gasteiger partial charge on any atom is 0.257 e. The molecular weight excluding hydrogens is 414 g/mol. The number of halogens is 1. The molecular formula is C24H24ClN3O3. The van der Waals surface area contributed by atoms with Crippen LogP contribution in [0.4, 0.5) is 11.4 Å². The van der Waals surface area contributed by atoms with E-state index < -0.39 is 0 Å². The third-order valence-electron chi connectivity index (χ3n) is 4.61. The van der Waals surface area contributed by atoms with Gasteiger partial charge in [0.1, 0.15) is 5.75 Å². The highest BCUT2D eigenvalue weighted by molar-refractivity contribution is 6.30. The minimum Gasteiger partial charge on any atom is -0.497 e. The number of ether oxygens (including phenoxy) is 1. The number of nitrogens with one attached hydrogen (secondary N) is 3. The molecule has 0 saturated heterocycles. The Hall–Kier alpha value is -3.51. The molecule has 0 aliphatic heterocycles. The standard InChI is InChI=1S/C24H24ClN3O3/c1-31-20-12-6-17(7-13-20)14-15-26-23(29)16-27-22-5-3-2-4-21(22)24(30)28-19-10-8-18(25)9-11-19/h2-13,27H,14-16H2,1H3,(H,26,29)(H,28,30). The molecule has 0 unspecified atom stereocenters. The van der Waals surface area contributed by atoms with Crippen LogP contribution in [0, 0.1) is 0 Å². The molecule has 3 N–H and O–H groups in total. The summed E-state index contributed by atoms with van der Waals surface area (Å²) in [6.45, 7) is 0.583. The van der Waals surface area contributed by atoms with Gasteiger partial charge in [0.05, 0.1) is 19.2 Å². The topological polar surface area (TPSA) is 79.5 Å². The lowest BCUT2D eigenvalue weighted by atomic mass is 10.1. The van der Waals surface area contributed by atoms with Gasteiger partial charge in [-0.3, -0.25) is 9.59 Å². The molecule has 0 fully saturated rings. The van der Waals surface area contributed by atoms with Crippen molar-refractivity contribution in [2.75, 3.05) is 30.8 Å². The molecule has 6 nitrogen and oxygen atoms in total. The van der Waals surface area contributed by atoms with Gasteiger partial charge >= 0.3 is 0 Å². The van der Waals surface area contributed by atoms with Gasteiger partial charge in [-0.1, -0.05) is 35.9 Å². The van der Waals surface area contributed by atoms with Crippen LogP contribution in [0.3, 0.4) is 0 Å². The molecule has 0 spiro atoms. The van der Waals surface area contributed by atoms with Gasteiger partial charge < -0.3 is 20.7 Å². The maximum atomic E-state index is 12.6. The van der Waals surface area contributed by atoms with Crippen LogP contribution >= 0.6 is 11.6 Å². The Balaban J connectivity index is 1.49. The number of carbonyl (C=O) groups is 2. The second kappa shape index (κ2) is 11.0. The average Bonchev–Trinajstić information content (AvgIpc) is 2.80. The molecule has 31 heavy (non-hydrogen) atoms. The molecule has 0 bridgehead atoms. The third kappa shape index (κ3) is 6.76. The Kier molecular flexibility index (Phi) is 7.90. The highest BCUT2D eigenvalue weighted by Gasteiger charge is 2.12. The Morgan fingerprint density at radius 2 is 1.65 bits per heavy atom. The zero-order chi connectivity index (χ0) is 22.1. The lowest BCUT2D eigenvalue weighted by Gasteiger charge is -2.12. The first-order valence-corrected chi connectivity index (χ1v) is 10.2. The van der Waals surface area contributed by atoms with Crippen LogP contribution in [0.2, 0.25) is 5.02 Å². The molecule has 2 amide bonds. The number of para-hydroxylation sites is 1. The zero-order valence-corrected chi connectivity index (χ0v) is 17.9. The predicted octanol–water partition coefficient (Wildman–Crippen LogP) is 4.37. The fourth-order valence-corrected chi connectivity index (χ4v) is 3.07. The van der Waals surface area contributed by atoms with Gasteiger partial charge in [-0.15, -0.1) is 0 Å². The third-order valence-corrected chi connectivity index (χ3v) is 4.86. The fraction of sp³-hybridized carbons (Fsp3) is 0.167. The quantitative estimate of drug-likeness (QED) is 0.464.